The monoisotopic (exact) mass is 205 g/mol. The van der Waals surface area contributed by atoms with Crippen molar-refractivity contribution in [3.05, 3.63) is 42.5 Å². The molecular formula is C11H11NO3. The summed E-state index contributed by atoms with van der Waals surface area (Å²) in [5.74, 6) is 0. The van der Waals surface area contributed by atoms with Crippen molar-refractivity contribution >= 4 is 18.4 Å². The molecule has 15 heavy (non-hydrogen) atoms. The molecule has 0 fully saturated rings. The molecular weight excluding hydrogens is 194 g/mol. The predicted molar refractivity (Wildman–Crippen MR) is 56.6 cm³/mol. The lowest BCUT2D eigenvalue weighted by molar-refractivity contribution is -0.108. The number of carbonyl (C=O) groups is 2. The van der Waals surface area contributed by atoms with E-state index in [0.717, 1.165) is 4.90 Å². The van der Waals surface area contributed by atoms with E-state index in [1.165, 1.54) is 6.08 Å². The lowest BCUT2D eigenvalue weighted by atomic mass is 10.2. The fourth-order valence-electron chi connectivity index (χ4n) is 1.20. The van der Waals surface area contributed by atoms with E-state index in [9.17, 15) is 14.7 Å². The molecule has 1 N–H and O–H groups in total. The molecule has 0 radical (unpaired) electrons. The number of aliphatic hydroxyl groups is 1. The molecule has 0 saturated heterocycles. The van der Waals surface area contributed by atoms with Gasteiger partial charge in [0.15, 0.2) is 12.5 Å². The van der Waals surface area contributed by atoms with Crippen LogP contribution in [0.5, 0.6) is 0 Å². The quantitative estimate of drug-likeness (QED) is 0.442. The van der Waals surface area contributed by atoms with E-state index >= 15 is 0 Å². The van der Waals surface area contributed by atoms with Crippen LogP contribution in [-0.4, -0.2) is 24.0 Å². The second-order valence-corrected chi connectivity index (χ2v) is 2.84. The van der Waals surface area contributed by atoms with Gasteiger partial charge in [-0.2, -0.15) is 0 Å². The summed E-state index contributed by atoms with van der Waals surface area (Å²) in [5, 5.41) is 9.45. The number of amides is 1. The van der Waals surface area contributed by atoms with Crippen LogP contribution < -0.4 is 4.90 Å². The Labute approximate surface area is 87.4 Å². The Kier molecular flexibility index (Phi) is 3.76. The van der Waals surface area contributed by atoms with Crippen molar-refractivity contribution in [2.24, 2.45) is 0 Å². The molecule has 1 aromatic rings. The van der Waals surface area contributed by atoms with Crippen LogP contribution in [0.4, 0.5) is 5.69 Å². The van der Waals surface area contributed by atoms with E-state index in [-0.39, 0.29) is 0 Å². The lowest BCUT2D eigenvalue weighted by Crippen LogP contribution is -2.32. The Balaban J connectivity index is 3.16. The Morgan fingerprint density at radius 3 is 2.53 bits per heavy atom. The summed E-state index contributed by atoms with van der Waals surface area (Å²) in [6.07, 6.45) is 1.15. The molecule has 0 aliphatic heterocycles. The number of carbonyl (C=O) groups excluding carboxylic acids is 2. The Hall–Kier alpha value is -1.94. The van der Waals surface area contributed by atoms with Crippen LogP contribution in [0.25, 0.3) is 0 Å². The smallest absolute Gasteiger partial charge is 0.216 e. The largest absolute Gasteiger partial charge is 0.369 e. The van der Waals surface area contributed by atoms with Crippen molar-refractivity contribution < 1.29 is 14.7 Å². The van der Waals surface area contributed by atoms with Crippen molar-refractivity contribution in [1.29, 1.82) is 0 Å². The number of para-hydroxylation sites is 1. The number of hydrogen-bond acceptors (Lipinski definition) is 3. The molecule has 78 valence electrons. The van der Waals surface area contributed by atoms with Crippen LogP contribution in [0, 0.1) is 0 Å². The highest BCUT2D eigenvalue weighted by Crippen LogP contribution is 2.19. The summed E-state index contributed by atoms with van der Waals surface area (Å²) in [7, 11) is 0. The standard InChI is InChI=1S/C11H11NO3/c1-2-11(15)12(8-14)10-6-4-3-5-9(10)7-13/h2-8,11,15H,1H2. The Morgan fingerprint density at radius 2 is 2.00 bits per heavy atom. The number of nitrogens with zero attached hydrogens (tertiary/aromatic N) is 1. The number of rotatable bonds is 5. The third-order valence-corrected chi connectivity index (χ3v) is 1.95. The number of anilines is 1. The molecule has 0 aliphatic rings. The maximum atomic E-state index is 10.8. The number of aliphatic hydroxyl groups excluding tert-OH is 1. The zero-order valence-electron chi connectivity index (χ0n) is 8.04. The van der Waals surface area contributed by atoms with Gasteiger partial charge in [-0.05, 0) is 18.2 Å². The highest BCUT2D eigenvalue weighted by Gasteiger charge is 2.14. The third kappa shape index (κ3) is 2.30. The maximum absolute atomic E-state index is 10.8. The summed E-state index contributed by atoms with van der Waals surface area (Å²) in [5.41, 5.74) is 0.695. The number of aldehydes is 1. The van der Waals surface area contributed by atoms with Crippen molar-refractivity contribution in [3.8, 4) is 0 Å². The molecule has 4 nitrogen and oxygen atoms in total. The number of hydrogen-bond donors (Lipinski definition) is 1. The average Bonchev–Trinajstić information content (AvgIpc) is 2.30. The fraction of sp³-hybridized carbons (Fsp3) is 0.0909. The minimum atomic E-state index is -1.14. The molecule has 0 spiro atoms. The molecule has 0 aromatic heterocycles. The molecule has 0 bridgehead atoms. The molecule has 1 unspecified atom stereocenters. The molecule has 0 heterocycles. The van der Waals surface area contributed by atoms with E-state index in [4.69, 9.17) is 0 Å². The lowest BCUT2D eigenvalue weighted by Gasteiger charge is -2.22. The summed E-state index contributed by atoms with van der Waals surface area (Å²) in [6, 6.07) is 6.49. The number of benzene rings is 1. The van der Waals surface area contributed by atoms with Gasteiger partial charge >= 0.3 is 0 Å². The first-order valence-electron chi connectivity index (χ1n) is 4.33. The van der Waals surface area contributed by atoms with E-state index in [1.54, 1.807) is 24.3 Å². The van der Waals surface area contributed by atoms with Gasteiger partial charge in [-0.3, -0.25) is 14.5 Å². The van der Waals surface area contributed by atoms with Crippen molar-refractivity contribution in [3.63, 3.8) is 0 Å². The zero-order valence-corrected chi connectivity index (χ0v) is 8.04. The molecule has 1 atom stereocenters. The second-order valence-electron chi connectivity index (χ2n) is 2.84. The van der Waals surface area contributed by atoms with Gasteiger partial charge in [0, 0.05) is 5.56 Å². The van der Waals surface area contributed by atoms with E-state index in [1.807, 2.05) is 0 Å². The first kappa shape index (κ1) is 11.1. The van der Waals surface area contributed by atoms with Crippen LogP contribution in [0.3, 0.4) is 0 Å². The van der Waals surface area contributed by atoms with Crippen molar-refractivity contribution in [1.82, 2.24) is 0 Å². The Bertz CT molecular complexity index is 376. The van der Waals surface area contributed by atoms with Gasteiger partial charge < -0.3 is 5.11 Å². The molecule has 1 aromatic carbocycles. The molecule has 1 rings (SSSR count). The second kappa shape index (κ2) is 5.07. The predicted octanol–water partition coefficient (Wildman–Crippen LogP) is 0.966. The van der Waals surface area contributed by atoms with Crippen molar-refractivity contribution in [2.45, 2.75) is 6.23 Å². The summed E-state index contributed by atoms with van der Waals surface area (Å²) >= 11 is 0. The maximum Gasteiger partial charge on any atom is 0.216 e. The van der Waals surface area contributed by atoms with Gasteiger partial charge in [-0.25, -0.2) is 0 Å². The van der Waals surface area contributed by atoms with Crippen LogP contribution in [0.1, 0.15) is 10.4 Å². The van der Waals surface area contributed by atoms with Gasteiger partial charge in [0.05, 0.1) is 5.69 Å². The molecule has 1 amide bonds. The van der Waals surface area contributed by atoms with E-state index < -0.39 is 6.23 Å². The summed E-state index contributed by atoms with van der Waals surface area (Å²) < 4.78 is 0. The van der Waals surface area contributed by atoms with Gasteiger partial charge in [0.1, 0.15) is 0 Å². The SMILES string of the molecule is C=CC(O)N(C=O)c1ccccc1C=O. The van der Waals surface area contributed by atoms with Gasteiger partial charge in [-0.15, -0.1) is 0 Å². The molecule has 0 aliphatic carbocycles. The highest BCUT2D eigenvalue weighted by molar-refractivity contribution is 5.90. The zero-order chi connectivity index (χ0) is 11.3. The summed E-state index contributed by atoms with van der Waals surface area (Å²) in [6.45, 7) is 3.37. The van der Waals surface area contributed by atoms with E-state index in [2.05, 4.69) is 6.58 Å². The van der Waals surface area contributed by atoms with Crippen LogP contribution in [0.2, 0.25) is 0 Å². The first-order valence-corrected chi connectivity index (χ1v) is 4.33. The fourth-order valence-corrected chi connectivity index (χ4v) is 1.20. The first-order chi connectivity index (χ1) is 7.24. The van der Waals surface area contributed by atoms with Crippen molar-refractivity contribution in [2.75, 3.05) is 4.90 Å². The van der Waals surface area contributed by atoms with Gasteiger partial charge in [0.2, 0.25) is 6.41 Å². The minimum absolute atomic E-state index is 0.338. The van der Waals surface area contributed by atoms with Gasteiger partial charge in [0.25, 0.3) is 0 Å². The highest BCUT2D eigenvalue weighted by atomic mass is 16.3. The average molecular weight is 205 g/mol. The third-order valence-electron chi connectivity index (χ3n) is 1.95. The van der Waals surface area contributed by atoms with Crippen LogP contribution >= 0.6 is 0 Å². The summed E-state index contributed by atoms with van der Waals surface area (Å²) in [4.78, 5) is 22.5. The van der Waals surface area contributed by atoms with Gasteiger partial charge in [-0.1, -0.05) is 18.7 Å². The molecule has 0 saturated carbocycles. The van der Waals surface area contributed by atoms with Crippen LogP contribution in [0.15, 0.2) is 36.9 Å². The van der Waals surface area contributed by atoms with Crippen LogP contribution in [-0.2, 0) is 4.79 Å². The van der Waals surface area contributed by atoms with E-state index in [0.29, 0.717) is 23.9 Å². The molecule has 4 heteroatoms. The normalized spacial score (nSPS) is 11.5. The Morgan fingerprint density at radius 1 is 1.33 bits per heavy atom. The minimum Gasteiger partial charge on any atom is -0.369 e. The topological polar surface area (TPSA) is 57.6 Å².